The summed E-state index contributed by atoms with van der Waals surface area (Å²) in [5, 5.41) is 7.37. The summed E-state index contributed by atoms with van der Waals surface area (Å²) in [6.07, 6.45) is 4.99. The molecule has 23 heavy (non-hydrogen) atoms. The maximum Gasteiger partial charge on any atom is 0.194 e. The molecule has 1 rings (SSSR count). The fourth-order valence-corrected chi connectivity index (χ4v) is 2.32. The molecule has 0 aromatic carbocycles. The SMILES string of the molecule is CCNC(=NCCOCCS(C)(=O)=O)N(C)Cc1cnn(C)c1. The molecule has 0 spiro atoms. The number of hydrogen-bond acceptors (Lipinski definition) is 5. The van der Waals surface area contributed by atoms with E-state index in [9.17, 15) is 8.42 Å². The molecule has 0 bridgehead atoms. The number of aliphatic imine (C=N–C) groups is 1. The van der Waals surface area contributed by atoms with Gasteiger partial charge in [-0.1, -0.05) is 0 Å². The van der Waals surface area contributed by atoms with E-state index in [-0.39, 0.29) is 12.4 Å². The van der Waals surface area contributed by atoms with Gasteiger partial charge in [-0.2, -0.15) is 5.10 Å². The summed E-state index contributed by atoms with van der Waals surface area (Å²) in [5.74, 6) is 0.820. The first kappa shape index (κ1) is 19.4. The molecular formula is C14H27N5O3S. The van der Waals surface area contributed by atoms with Crippen LogP contribution in [0.2, 0.25) is 0 Å². The summed E-state index contributed by atoms with van der Waals surface area (Å²) >= 11 is 0. The van der Waals surface area contributed by atoms with E-state index in [2.05, 4.69) is 15.4 Å². The Balaban J connectivity index is 2.42. The summed E-state index contributed by atoms with van der Waals surface area (Å²) in [7, 11) is 0.871. The van der Waals surface area contributed by atoms with E-state index in [1.165, 1.54) is 6.26 Å². The Hall–Kier alpha value is -1.61. The van der Waals surface area contributed by atoms with Gasteiger partial charge in [-0.15, -0.1) is 0 Å². The van der Waals surface area contributed by atoms with E-state index in [1.807, 2.05) is 38.3 Å². The summed E-state index contributed by atoms with van der Waals surface area (Å²) in [4.78, 5) is 6.49. The molecule has 0 aliphatic rings. The molecule has 1 aromatic rings. The van der Waals surface area contributed by atoms with E-state index < -0.39 is 9.84 Å². The van der Waals surface area contributed by atoms with Crippen LogP contribution in [0.1, 0.15) is 12.5 Å². The lowest BCUT2D eigenvalue weighted by Crippen LogP contribution is -2.38. The molecule has 0 aliphatic heterocycles. The second-order valence-electron chi connectivity index (χ2n) is 5.36. The second kappa shape index (κ2) is 9.51. The zero-order valence-corrected chi connectivity index (χ0v) is 15.1. The van der Waals surface area contributed by atoms with Gasteiger partial charge in [0.05, 0.1) is 31.7 Å². The molecule has 0 aliphatic carbocycles. The van der Waals surface area contributed by atoms with Crippen LogP contribution >= 0.6 is 0 Å². The van der Waals surface area contributed by atoms with Crippen molar-refractivity contribution < 1.29 is 13.2 Å². The highest BCUT2D eigenvalue weighted by Crippen LogP contribution is 2.01. The molecule has 0 unspecified atom stereocenters. The van der Waals surface area contributed by atoms with E-state index in [1.54, 1.807) is 4.68 Å². The topological polar surface area (TPSA) is 88.8 Å². The number of aryl methyl sites for hydroxylation is 1. The van der Waals surface area contributed by atoms with Crippen LogP contribution in [0.15, 0.2) is 17.4 Å². The Morgan fingerprint density at radius 1 is 1.48 bits per heavy atom. The van der Waals surface area contributed by atoms with Gasteiger partial charge in [-0.05, 0) is 6.92 Å². The Morgan fingerprint density at radius 3 is 2.78 bits per heavy atom. The van der Waals surface area contributed by atoms with Gasteiger partial charge >= 0.3 is 0 Å². The zero-order valence-electron chi connectivity index (χ0n) is 14.3. The van der Waals surface area contributed by atoms with Gasteiger partial charge in [0.2, 0.25) is 0 Å². The van der Waals surface area contributed by atoms with E-state index >= 15 is 0 Å². The lowest BCUT2D eigenvalue weighted by atomic mass is 10.3. The smallest absolute Gasteiger partial charge is 0.194 e. The molecule has 0 fully saturated rings. The second-order valence-corrected chi connectivity index (χ2v) is 7.62. The maximum atomic E-state index is 11.0. The molecule has 0 atom stereocenters. The van der Waals surface area contributed by atoms with Crippen molar-refractivity contribution in [1.29, 1.82) is 0 Å². The van der Waals surface area contributed by atoms with E-state index in [0.717, 1.165) is 18.1 Å². The number of rotatable bonds is 9. The predicted octanol–water partition coefficient (Wildman–Crippen LogP) is -0.121. The molecule has 0 saturated heterocycles. The monoisotopic (exact) mass is 345 g/mol. The van der Waals surface area contributed by atoms with Gasteiger partial charge in [-0.3, -0.25) is 9.67 Å². The van der Waals surface area contributed by atoms with Gasteiger partial charge in [0, 0.05) is 45.2 Å². The number of ether oxygens (including phenoxy) is 1. The van der Waals surface area contributed by atoms with E-state index in [0.29, 0.717) is 19.7 Å². The molecule has 0 radical (unpaired) electrons. The van der Waals surface area contributed by atoms with Crippen molar-refractivity contribution >= 4 is 15.8 Å². The average molecular weight is 345 g/mol. The number of nitrogens with zero attached hydrogens (tertiary/aromatic N) is 4. The van der Waals surface area contributed by atoms with Crippen LogP contribution in [-0.4, -0.2) is 74.4 Å². The van der Waals surface area contributed by atoms with Gasteiger partial charge in [0.1, 0.15) is 9.84 Å². The van der Waals surface area contributed by atoms with Gasteiger partial charge in [0.25, 0.3) is 0 Å². The Bertz CT molecular complexity index is 597. The minimum atomic E-state index is -2.97. The number of sulfone groups is 1. The fraction of sp³-hybridized carbons (Fsp3) is 0.714. The normalized spacial score (nSPS) is 12.4. The summed E-state index contributed by atoms with van der Waals surface area (Å²) in [6, 6.07) is 0. The van der Waals surface area contributed by atoms with E-state index in [4.69, 9.17) is 4.74 Å². The third-order valence-corrected chi connectivity index (χ3v) is 3.88. The molecule has 9 heteroatoms. The minimum absolute atomic E-state index is 0.0394. The highest BCUT2D eigenvalue weighted by molar-refractivity contribution is 7.90. The first-order chi connectivity index (χ1) is 10.8. The number of guanidine groups is 1. The summed E-state index contributed by atoms with van der Waals surface area (Å²) < 4.78 is 29.0. The van der Waals surface area contributed by atoms with Crippen molar-refractivity contribution in [3.05, 3.63) is 18.0 Å². The molecule has 1 aromatic heterocycles. The Morgan fingerprint density at radius 2 is 2.22 bits per heavy atom. The van der Waals surface area contributed by atoms with Gasteiger partial charge in [0.15, 0.2) is 5.96 Å². The number of nitrogens with one attached hydrogen (secondary N) is 1. The lowest BCUT2D eigenvalue weighted by Gasteiger charge is -2.21. The van der Waals surface area contributed by atoms with Crippen molar-refractivity contribution in [1.82, 2.24) is 20.0 Å². The molecule has 1 heterocycles. The summed E-state index contributed by atoms with van der Waals surface area (Å²) in [5.41, 5.74) is 1.10. The molecule has 8 nitrogen and oxygen atoms in total. The third-order valence-electron chi connectivity index (χ3n) is 2.97. The fourth-order valence-electron chi connectivity index (χ4n) is 1.90. The van der Waals surface area contributed by atoms with Crippen molar-refractivity contribution in [2.24, 2.45) is 12.0 Å². The standard InChI is InChI=1S/C14H27N5O3S/c1-5-15-14(16-6-7-22-8-9-23(4,20)21)18(2)11-13-10-17-19(3)12-13/h10,12H,5-9,11H2,1-4H3,(H,15,16). The Kier molecular flexibility index (Phi) is 8.04. The van der Waals surface area contributed by atoms with Crippen LogP contribution in [0.25, 0.3) is 0 Å². The Labute approximate surface area is 138 Å². The highest BCUT2D eigenvalue weighted by atomic mass is 32.2. The molecule has 132 valence electrons. The number of hydrogen-bond donors (Lipinski definition) is 1. The van der Waals surface area contributed by atoms with Gasteiger partial charge in [-0.25, -0.2) is 8.42 Å². The minimum Gasteiger partial charge on any atom is -0.378 e. The number of aromatic nitrogens is 2. The van der Waals surface area contributed by atoms with Gasteiger partial charge < -0.3 is 15.0 Å². The lowest BCUT2D eigenvalue weighted by molar-refractivity contribution is 0.157. The summed E-state index contributed by atoms with van der Waals surface area (Å²) in [6.45, 7) is 4.56. The van der Waals surface area contributed by atoms with Crippen molar-refractivity contribution in [2.75, 3.05) is 45.4 Å². The quantitative estimate of drug-likeness (QED) is 0.381. The predicted molar refractivity (Wildman–Crippen MR) is 91.2 cm³/mol. The van der Waals surface area contributed by atoms with Crippen LogP contribution in [-0.2, 0) is 28.2 Å². The molecule has 0 amide bonds. The molecule has 1 N–H and O–H groups in total. The van der Waals surface area contributed by atoms with Crippen LogP contribution in [0.5, 0.6) is 0 Å². The average Bonchev–Trinajstić information content (AvgIpc) is 2.85. The molecular weight excluding hydrogens is 318 g/mol. The largest absolute Gasteiger partial charge is 0.378 e. The molecule has 0 saturated carbocycles. The van der Waals surface area contributed by atoms with Crippen molar-refractivity contribution in [2.45, 2.75) is 13.5 Å². The van der Waals surface area contributed by atoms with Crippen LogP contribution in [0, 0.1) is 0 Å². The van der Waals surface area contributed by atoms with Crippen LogP contribution in [0.4, 0.5) is 0 Å². The van der Waals surface area contributed by atoms with Crippen molar-refractivity contribution in [3.63, 3.8) is 0 Å². The first-order valence-electron chi connectivity index (χ1n) is 7.54. The first-order valence-corrected chi connectivity index (χ1v) is 9.60. The third kappa shape index (κ3) is 8.56. The van der Waals surface area contributed by atoms with Crippen molar-refractivity contribution in [3.8, 4) is 0 Å². The van der Waals surface area contributed by atoms with Crippen LogP contribution < -0.4 is 5.32 Å². The maximum absolute atomic E-state index is 11.0. The van der Waals surface area contributed by atoms with Crippen LogP contribution in [0.3, 0.4) is 0 Å². The zero-order chi connectivity index (χ0) is 17.3. The highest BCUT2D eigenvalue weighted by Gasteiger charge is 2.07.